The highest BCUT2D eigenvalue weighted by Crippen LogP contribution is 2.28. The summed E-state index contributed by atoms with van der Waals surface area (Å²) in [5.74, 6) is -0.773. The molecule has 0 aliphatic rings. The molecule has 0 aromatic heterocycles. The van der Waals surface area contributed by atoms with E-state index in [4.69, 9.17) is 14.2 Å². The van der Waals surface area contributed by atoms with Gasteiger partial charge in [-0.2, -0.15) is 5.10 Å². The highest BCUT2D eigenvalue weighted by atomic mass is 16.5. The summed E-state index contributed by atoms with van der Waals surface area (Å²) in [5, 5.41) is 8.92. The predicted octanol–water partition coefficient (Wildman–Crippen LogP) is 2.17. The Labute approximate surface area is 179 Å². The first-order chi connectivity index (χ1) is 14.9. The van der Waals surface area contributed by atoms with Crippen molar-refractivity contribution in [3.8, 4) is 17.2 Å². The highest BCUT2D eigenvalue weighted by molar-refractivity contribution is 6.39. The Morgan fingerprint density at radius 2 is 1.48 bits per heavy atom. The number of nitrogens with one attached hydrogen (secondary N) is 3. The molecule has 0 radical (unpaired) electrons. The first kappa shape index (κ1) is 23.2. The zero-order chi connectivity index (χ0) is 22.8. The zero-order valence-electron chi connectivity index (χ0n) is 17.6. The van der Waals surface area contributed by atoms with Gasteiger partial charge in [-0.05, 0) is 43.3 Å². The molecule has 31 heavy (non-hydrogen) atoms. The van der Waals surface area contributed by atoms with Crippen LogP contribution in [0.15, 0.2) is 47.6 Å². The van der Waals surface area contributed by atoms with Crippen LogP contribution < -0.4 is 30.3 Å². The Kier molecular flexibility index (Phi) is 8.38. The Balaban J connectivity index is 1.89. The van der Waals surface area contributed by atoms with Crippen molar-refractivity contribution < 1.29 is 28.6 Å². The summed E-state index contributed by atoms with van der Waals surface area (Å²) in [7, 11) is 4.46. The van der Waals surface area contributed by atoms with Gasteiger partial charge in [-0.1, -0.05) is 0 Å². The molecular weight excluding hydrogens is 404 g/mol. The van der Waals surface area contributed by atoms with E-state index in [0.29, 0.717) is 28.6 Å². The first-order valence-corrected chi connectivity index (χ1v) is 9.16. The van der Waals surface area contributed by atoms with Crippen LogP contribution in [0, 0.1) is 0 Å². The average Bonchev–Trinajstić information content (AvgIpc) is 2.77. The van der Waals surface area contributed by atoms with Crippen molar-refractivity contribution in [2.24, 2.45) is 5.10 Å². The van der Waals surface area contributed by atoms with Crippen LogP contribution in [0.25, 0.3) is 0 Å². The predicted molar refractivity (Wildman–Crippen MR) is 116 cm³/mol. The van der Waals surface area contributed by atoms with Gasteiger partial charge in [-0.15, -0.1) is 0 Å². The smallest absolute Gasteiger partial charge is 0.329 e. The third kappa shape index (κ3) is 7.03. The summed E-state index contributed by atoms with van der Waals surface area (Å²) in [6, 6.07) is 11.6. The summed E-state index contributed by atoms with van der Waals surface area (Å²) in [4.78, 5) is 36.2. The fraction of sp³-hybridized carbons (Fsp3) is 0.238. The first-order valence-electron chi connectivity index (χ1n) is 9.16. The summed E-state index contributed by atoms with van der Waals surface area (Å²) >= 11 is 0. The molecule has 2 rings (SSSR count). The molecule has 0 saturated heterocycles. The van der Waals surface area contributed by atoms with Crippen LogP contribution in [-0.2, 0) is 14.4 Å². The summed E-state index contributed by atoms with van der Waals surface area (Å²) in [5.41, 5.74) is 3.29. The molecule has 0 unspecified atom stereocenters. The van der Waals surface area contributed by atoms with Crippen molar-refractivity contribution in [1.29, 1.82) is 0 Å². The topological polar surface area (TPSA) is 127 Å². The van der Waals surface area contributed by atoms with Gasteiger partial charge in [-0.3, -0.25) is 14.4 Å². The van der Waals surface area contributed by atoms with Crippen molar-refractivity contribution in [3.63, 3.8) is 0 Å². The summed E-state index contributed by atoms with van der Waals surface area (Å²) in [6.45, 7) is 1.55. The van der Waals surface area contributed by atoms with E-state index < -0.39 is 11.8 Å². The van der Waals surface area contributed by atoms with Crippen molar-refractivity contribution in [2.45, 2.75) is 13.3 Å². The molecule has 0 saturated carbocycles. The second-order valence-electron chi connectivity index (χ2n) is 6.26. The number of hydrogen-bond acceptors (Lipinski definition) is 7. The van der Waals surface area contributed by atoms with Gasteiger partial charge < -0.3 is 24.8 Å². The molecule has 2 aromatic carbocycles. The molecule has 0 bridgehead atoms. The number of hydrogen-bond donors (Lipinski definition) is 3. The SMILES string of the molecule is COc1ccc(NC(=O)C/C(C)=N/NC(=O)C(=O)Nc2cc(OC)ccc2OC)cc1. The number of methoxy groups -OCH3 is 3. The van der Waals surface area contributed by atoms with Crippen LogP contribution in [0.2, 0.25) is 0 Å². The van der Waals surface area contributed by atoms with Gasteiger partial charge in [0.2, 0.25) is 5.91 Å². The van der Waals surface area contributed by atoms with Gasteiger partial charge >= 0.3 is 11.8 Å². The lowest BCUT2D eigenvalue weighted by Gasteiger charge is -2.11. The molecular formula is C21H24N4O6. The van der Waals surface area contributed by atoms with Crippen molar-refractivity contribution in [1.82, 2.24) is 5.43 Å². The van der Waals surface area contributed by atoms with E-state index in [1.807, 2.05) is 0 Å². The van der Waals surface area contributed by atoms with Gasteiger partial charge in [0.25, 0.3) is 0 Å². The lowest BCUT2D eigenvalue weighted by atomic mass is 10.2. The number of rotatable bonds is 8. The van der Waals surface area contributed by atoms with Crippen molar-refractivity contribution in [2.75, 3.05) is 32.0 Å². The number of nitrogens with zero attached hydrogens (tertiary/aromatic N) is 1. The normalized spacial score (nSPS) is 10.6. The number of hydrazone groups is 1. The molecule has 0 fully saturated rings. The van der Waals surface area contributed by atoms with Gasteiger partial charge in [0.1, 0.15) is 17.2 Å². The van der Waals surface area contributed by atoms with Crippen molar-refractivity contribution in [3.05, 3.63) is 42.5 Å². The number of ether oxygens (including phenoxy) is 3. The number of carbonyl (C=O) groups excluding carboxylic acids is 3. The fourth-order valence-electron chi connectivity index (χ4n) is 2.44. The molecule has 3 N–H and O–H groups in total. The largest absolute Gasteiger partial charge is 0.497 e. The molecule has 3 amide bonds. The van der Waals surface area contributed by atoms with Crippen LogP contribution in [0.1, 0.15) is 13.3 Å². The van der Waals surface area contributed by atoms with Gasteiger partial charge in [0.15, 0.2) is 0 Å². The van der Waals surface area contributed by atoms with E-state index in [2.05, 4.69) is 21.2 Å². The van der Waals surface area contributed by atoms with E-state index >= 15 is 0 Å². The molecule has 10 nitrogen and oxygen atoms in total. The second kappa shape index (κ2) is 11.2. The van der Waals surface area contributed by atoms with E-state index in [-0.39, 0.29) is 18.0 Å². The third-order valence-corrected chi connectivity index (χ3v) is 4.00. The van der Waals surface area contributed by atoms with Crippen LogP contribution in [0.4, 0.5) is 11.4 Å². The zero-order valence-corrected chi connectivity index (χ0v) is 17.6. The van der Waals surface area contributed by atoms with Crippen molar-refractivity contribution >= 4 is 34.8 Å². The average molecular weight is 428 g/mol. The number of benzene rings is 2. The van der Waals surface area contributed by atoms with Crippen LogP contribution in [0.3, 0.4) is 0 Å². The minimum Gasteiger partial charge on any atom is -0.497 e. The standard InChI is InChI=1S/C21H24N4O6/c1-13(11-19(26)22-14-5-7-15(29-2)8-6-14)24-25-21(28)20(27)23-17-12-16(30-3)9-10-18(17)31-4/h5-10,12H,11H2,1-4H3,(H,22,26)(H,23,27)(H,25,28)/b24-13+. The van der Waals surface area contributed by atoms with E-state index in [1.54, 1.807) is 50.4 Å². The monoisotopic (exact) mass is 428 g/mol. The van der Waals surface area contributed by atoms with E-state index in [9.17, 15) is 14.4 Å². The molecule has 0 spiro atoms. The van der Waals surface area contributed by atoms with Gasteiger partial charge in [0.05, 0.1) is 33.4 Å². The quantitative estimate of drug-likeness (QED) is 0.336. The van der Waals surface area contributed by atoms with Crippen LogP contribution in [0.5, 0.6) is 17.2 Å². The number of carbonyl (C=O) groups is 3. The number of anilines is 2. The van der Waals surface area contributed by atoms with E-state index in [1.165, 1.54) is 20.3 Å². The molecule has 0 atom stereocenters. The Bertz CT molecular complexity index is 972. The second-order valence-corrected chi connectivity index (χ2v) is 6.26. The van der Waals surface area contributed by atoms with Crippen LogP contribution in [-0.4, -0.2) is 44.8 Å². The molecule has 164 valence electrons. The lowest BCUT2D eigenvalue weighted by Crippen LogP contribution is -2.33. The molecule has 2 aromatic rings. The third-order valence-electron chi connectivity index (χ3n) is 4.00. The fourth-order valence-corrected chi connectivity index (χ4v) is 2.44. The highest BCUT2D eigenvalue weighted by Gasteiger charge is 2.16. The minimum atomic E-state index is -1.00. The molecule has 0 aliphatic heterocycles. The number of amides is 3. The summed E-state index contributed by atoms with van der Waals surface area (Å²) < 4.78 is 15.3. The molecule has 0 heterocycles. The molecule has 0 aliphatic carbocycles. The van der Waals surface area contributed by atoms with Gasteiger partial charge in [0, 0.05) is 17.5 Å². The Morgan fingerprint density at radius 1 is 0.839 bits per heavy atom. The Morgan fingerprint density at radius 3 is 2.10 bits per heavy atom. The maximum Gasteiger partial charge on any atom is 0.329 e. The Hall–Kier alpha value is -4.08. The minimum absolute atomic E-state index is 0.0718. The maximum absolute atomic E-state index is 12.1. The summed E-state index contributed by atoms with van der Waals surface area (Å²) in [6.07, 6.45) is -0.0718. The van der Waals surface area contributed by atoms with Crippen LogP contribution >= 0.6 is 0 Å². The lowest BCUT2D eigenvalue weighted by molar-refractivity contribution is -0.136. The maximum atomic E-state index is 12.1. The van der Waals surface area contributed by atoms with Gasteiger partial charge in [-0.25, -0.2) is 5.43 Å². The van der Waals surface area contributed by atoms with E-state index in [0.717, 1.165) is 0 Å². The molecule has 10 heteroatoms.